The molecule has 0 unspecified atom stereocenters. The number of carbonyl (C=O) groups excluding carboxylic acids is 1. The maximum Gasteiger partial charge on any atom is 0.423 e. The molecular weight excluding hydrogens is 204 g/mol. The molecule has 0 heterocycles. The summed E-state index contributed by atoms with van der Waals surface area (Å²) in [4.78, 5) is 12.8. The fourth-order valence-corrected chi connectivity index (χ4v) is 1.92. The Hall–Kier alpha value is -1.24. The van der Waals surface area contributed by atoms with Crippen LogP contribution in [0.4, 0.5) is 4.79 Å². The SMILES string of the molecule is CC(C)(C)OC(=O)N(C#N)CC1CCCC1. The Morgan fingerprint density at radius 2 is 2.00 bits per heavy atom. The van der Waals surface area contributed by atoms with Crippen LogP contribution in [0.15, 0.2) is 0 Å². The molecule has 0 aromatic heterocycles. The van der Waals surface area contributed by atoms with Gasteiger partial charge in [-0.05, 0) is 39.5 Å². The summed E-state index contributed by atoms with van der Waals surface area (Å²) in [7, 11) is 0. The van der Waals surface area contributed by atoms with E-state index < -0.39 is 11.7 Å². The molecule has 0 atom stereocenters. The predicted octanol–water partition coefficient (Wildman–Crippen LogP) is 2.89. The Morgan fingerprint density at radius 3 is 2.44 bits per heavy atom. The minimum Gasteiger partial charge on any atom is -0.443 e. The second-order valence-electron chi connectivity index (χ2n) is 5.34. The third kappa shape index (κ3) is 4.09. The van der Waals surface area contributed by atoms with E-state index >= 15 is 0 Å². The normalized spacial score (nSPS) is 16.9. The zero-order valence-corrected chi connectivity index (χ0v) is 10.3. The zero-order valence-electron chi connectivity index (χ0n) is 10.3. The molecule has 0 radical (unpaired) electrons. The number of hydrogen-bond acceptors (Lipinski definition) is 3. The van der Waals surface area contributed by atoms with Gasteiger partial charge < -0.3 is 4.74 Å². The van der Waals surface area contributed by atoms with Crippen molar-refractivity contribution >= 4 is 6.09 Å². The van der Waals surface area contributed by atoms with E-state index in [2.05, 4.69) is 0 Å². The molecule has 0 saturated heterocycles. The van der Waals surface area contributed by atoms with Crippen LogP contribution in [0.2, 0.25) is 0 Å². The molecular formula is C12H20N2O2. The van der Waals surface area contributed by atoms with E-state index in [0.29, 0.717) is 12.5 Å². The number of hydrogen-bond donors (Lipinski definition) is 0. The maximum atomic E-state index is 11.7. The van der Waals surface area contributed by atoms with Crippen molar-refractivity contribution in [1.82, 2.24) is 4.90 Å². The second kappa shape index (κ2) is 5.20. The smallest absolute Gasteiger partial charge is 0.423 e. The Kier molecular flexibility index (Phi) is 4.17. The van der Waals surface area contributed by atoms with Gasteiger partial charge in [-0.2, -0.15) is 5.26 Å². The van der Waals surface area contributed by atoms with Gasteiger partial charge in [-0.25, -0.2) is 9.69 Å². The molecule has 0 aromatic carbocycles. The maximum absolute atomic E-state index is 11.7. The van der Waals surface area contributed by atoms with Gasteiger partial charge in [-0.1, -0.05) is 12.8 Å². The van der Waals surface area contributed by atoms with E-state index in [9.17, 15) is 4.79 Å². The second-order valence-corrected chi connectivity index (χ2v) is 5.34. The van der Waals surface area contributed by atoms with Crippen molar-refractivity contribution in [2.24, 2.45) is 5.92 Å². The average molecular weight is 224 g/mol. The quantitative estimate of drug-likeness (QED) is 0.535. The molecule has 0 bridgehead atoms. The van der Waals surface area contributed by atoms with Crippen molar-refractivity contribution in [3.63, 3.8) is 0 Å². The topological polar surface area (TPSA) is 53.3 Å². The number of amides is 1. The number of carbonyl (C=O) groups is 1. The van der Waals surface area contributed by atoms with Crippen molar-refractivity contribution in [1.29, 1.82) is 5.26 Å². The van der Waals surface area contributed by atoms with Crippen molar-refractivity contribution in [2.75, 3.05) is 6.54 Å². The third-order valence-electron chi connectivity index (χ3n) is 2.65. The first-order valence-electron chi connectivity index (χ1n) is 5.82. The summed E-state index contributed by atoms with van der Waals surface area (Å²) >= 11 is 0. The van der Waals surface area contributed by atoms with Crippen LogP contribution in [0.1, 0.15) is 46.5 Å². The third-order valence-corrected chi connectivity index (χ3v) is 2.65. The highest BCUT2D eigenvalue weighted by Gasteiger charge is 2.25. The van der Waals surface area contributed by atoms with Crippen molar-refractivity contribution in [2.45, 2.75) is 52.1 Å². The summed E-state index contributed by atoms with van der Waals surface area (Å²) in [5.41, 5.74) is -0.540. The fraction of sp³-hybridized carbons (Fsp3) is 0.833. The van der Waals surface area contributed by atoms with Crippen molar-refractivity contribution < 1.29 is 9.53 Å². The van der Waals surface area contributed by atoms with Gasteiger partial charge >= 0.3 is 6.09 Å². The van der Waals surface area contributed by atoms with Crippen LogP contribution in [-0.4, -0.2) is 23.1 Å². The molecule has 16 heavy (non-hydrogen) atoms. The van der Waals surface area contributed by atoms with E-state index in [-0.39, 0.29) is 0 Å². The largest absolute Gasteiger partial charge is 0.443 e. The van der Waals surface area contributed by atoms with E-state index in [4.69, 9.17) is 10.00 Å². The lowest BCUT2D eigenvalue weighted by Crippen LogP contribution is -2.36. The van der Waals surface area contributed by atoms with Gasteiger partial charge in [0.1, 0.15) is 5.60 Å². The highest BCUT2D eigenvalue weighted by atomic mass is 16.6. The lowest BCUT2D eigenvalue weighted by Gasteiger charge is -2.24. The van der Waals surface area contributed by atoms with E-state index in [1.165, 1.54) is 12.8 Å². The first-order chi connectivity index (χ1) is 7.42. The zero-order chi connectivity index (χ0) is 12.2. The lowest BCUT2D eigenvalue weighted by atomic mass is 10.1. The molecule has 1 amide bonds. The van der Waals surface area contributed by atoms with Gasteiger partial charge in [0.15, 0.2) is 6.19 Å². The minimum atomic E-state index is -0.540. The van der Waals surface area contributed by atoms with Crippen LogP contribution < -0.4 is 0 Å². The molecule has 1 fully saturated rings. The molecule has 1 aliphatic carbocycles. The van der Waals surface area contributed by atoms with Crippen molar-refractivity contribution in [3.8, 4) is 6.19 Å². The summed E-state index contributed by atoms with van der Waals surface area (Å²) in [6.07, 6.45) is 6.02. The van der Waals surface area contributed by atoms with Crippen LogP contribution in [0.25, 0.3) is 0 Å². The molecule has 1 saturated carbocycles. The molecule has 1 rings (SSSR count). The van der Waals surface area contributed by atoms with Crippen LogP contribution in [0.5, 0.6) is 0 Å². The summed E-state index contributed by atoms with van der Waals surface area (Å²) in [6.45, 7) is 5.91. The molecule has 4 nitrogen and oxygen atoms in total. The number of nitrogens with zero attached hydrogens (tertiary/aromatic N) is 2. The number of ether oxygens (including phenoxy) is 1. The van der Waals surface area contributed by atoms with Gasteiger partial charge in [-0.3, -0.25) is 0 Å². The van der Waals surface area contributed by atoms with Crippen LogP contribution in [0.3, 0.4) is 0 Å². The predicted molar refractivity (Wildman–Crippen MR) is 60.5 cm³/mol. The highest BCUT2D eigenvalue weighted by molar-refractivity contribution is 5.69. The standard InChI is InChI=1S/C12H20N2O2/c1-12(2,3)16-11(15)14(9-13)8-10-6-4-5-7-10/h10H,4-8H2,1-3H3. The molecule has 4 heteroatoms. The lowest BCUT2D eigenvalue weighted by molar-refractivity contribution is 0.0328. The van der Waals surface area contributed by atoms with Crippen molar-refractivity contribution in [3.05, 3.63) is 0 Å². The van der Waals surface area contributed by atoms with Gasteiger partial charge in [0.05, 0.1) is 0 Å². The first kappa shape index (κ1) is 12.8. The number of nitriles is 1. The summed E-state index contributed by atoms with van der Waals surface area (Å²) in [5.74, 6) is 0.465. The number of rotatable bonds is 2. The van der Waals surface area contributed by atoms with E-state index in [1.54, 1.807) is 20.8 Å². The molecule has 0 spiro atoms. The molecule has 90 valence electrons. The molecule has 0 N–H and O–H groups in total. The van der Waals surface area contributed by atoms with Gasteiger partial charge in [-0.15, -0.1) is 0 Å². The van der Waals surface area contributed by atoms with E-state index in [1.807, 2.05) is 6.19 Å². The Labute approximate surface area is 97.2 Å². The van der Waals surface area contributed by atoms with Gasteiger partial charge in [0.2, 0.25) is 0 Å². The average Bonchev–Trinajstić information content (AvgIpc) is 2.63. The monoisotopic (exact) mass is 224 g/mol. The van der Waals surface area contributed by atoms with Crippen LogP contribution in [-0.2, 0) is 4.74 Å². The summed E-state index contributed by atoms with van der Waals surface area (Å²) < 4.78 is 5.17. The first-order valence-corrected chi connectivity index (χ1v) is 5.82. The van der Waals surface area contributed by atoms with Crippen LogP contribution in [0, 0.1) is 17.4 Å². The highest BCUT2D eigenvalue weighted by Crippen LogP contribution is 2.25. The Balaban J connectivity index is 2.47. The Morgan fingerprint density at radius 1 is 1.44 bits per heavy atom. The Bertz CT molecular complexity index is 282. The van der Waals surface area contributed by atoms with Crippen LogP contribution >= 0.6 is 0 Å². The summed E-state index contributed by atoms with van der Waals surface area (Å²) in [5, 5.41) is 8.93. The molecule has 0 aliphatic heterocycles. The molecule has 0 aromatic rings. The summed E-state index contributed by atoms with van der Waals surface area (Å²) in [6, 6.07) is 0. The van der Waals surface area contributed by atoms with Gasteiger partial charge in [0.25, 0.3) is 0 Å². The molecule has 1 aliphatic rings. The van der Waals surface area contributed by atoms with E-state index in [0.717, 1.165) is 17.7 Å². The fourth-order valence-electron chi connectivity index (χ4n) is 1.92. The van der Waals surface area contributed by atoms with Gasteiger partial charge in [0, 0.05) is 6.54 Å². The minimum absolute atomic E-state index is 0.465.